The molecular weight excluding hydrogens is 407 g/mol. The molecule has 2 heterocycles. The van der Waals surface area contributed by atoms with Gasteiger partial charge in [0, 0.05) is 49.8 Å². The Morgan fingerprint density at radius 1 is 1.26 bits per heavy atom. The summed E-state index contributed by atoms with van der Waals surface area (Å²) >= 11 is 6.15. The zero-order chi connectivity index (χ0) is 17.6. The van der Waals surface area contributed by atoms with E-state index < -0.39 is 0 Å². The highest BCUT2D eigenvalue weighted by Gasteiger charge is 2.27. The summed E-state index contributed by atoms with van der Waals surface area (Å²) in [4.78, 5) is 17.3. The Hall–Kier alpha value is -0.560. The van der Waals surface area contributed by atoms with E-state index in [1.54, 1.807) is 0 Å². The molecule has 1 aromatic rings. The minimum Gasteiger partial charge on any atom is -0.352 e. The molecule has 0 aliphatic carbocycles. The van der Waals surface area contributed by atoms with Gasteiger partial charge in [0.1, 0.15) is 0 Å². The molecule has 0 radical (unpaired) electrons. The molecule has 0 spiro atoms. The van der Waals surface area contributed by atoms with Crippen molar-refractivity contribution in [2.45, 2.75) is 31.8 Å². The lowest BCUT2D eigenvalue weighted by atomic mass is 10.0. The zero-order valence-electron chi connectivity index (χ0n) is 15.8. The van der Waals surface area contributed by atoms with Gasteiger partial charge in [-0.15, -0.1) is 24.8 Å². The molecule has 8 heteroatoms. The first kappa shape index (κ1) is 24.5. The van der Waals surface area contributed by atoms with E-state index in [1.165, 1.54) is 5.56 Å². The van der Waals surface area contributed by atoms with Crippen LogP contribution in [0, 0.1) is 0 Å². The van der Waals surface area contributed by atoms with Crippen LogP contribution in [-0.2, 0) is 4.79 Å². The van der Waals surface area contributed by atoms with E-state index in [4.69, 9.17) is 11.6 Å². The van der Waals surface area contributed by atoms with Crippen LogP contribution in [0.1, 0.15) is 31.4 Å². The van der Waals surface area contributed by atoms with Crippen molar-refractivity contribution in [2.24, 2.45) is 0 Å². The van der Waals surface area contributed by atoms with Crippen molar-refractivity contribution < 1.29 is 4.79 Å². The number of amides is 1. The molecule has 3 rings (SSSR count). The van der Waals surface area contributed by atoms with Crippen LogP contribution in [0.2, 0.25) is 5.02 Å². The monoisotopic (exact) mass is 436 g/mol. The highest BCUT2D eigenvalue weighted by Crippen LogP contribution is 2.24. The second-order valence-electron chi connectivity index (χ2n) is 7.02. The summed E-state index contributed by atoms with van der Waals surface area (Å²) in [6.07, 6.45) is 2.11. The quantitative estimate of drug-likeness (QED) is 0.743. The van der Waals surface area contributed by atoms with Crippen molar-refractivity contribution in [1.29, 1.82) is 0 Å². The number of hydrogen-bond donors (Lipinski definition) is 2. The van der Waals surface area contributed by atoms with Gasteiger partial charge in [-0.3, -0.25) is 9.69 Å². The standard InChI is InChI=1S/C19H29ClN4O.2ClH/c1-2-23-9-6-17(7-10-23)22-19(25)14-24-11-8-21-13-18(24)15-4-3-5-16(20)12-15;;/h3-5,12,17-18,21H,2,6-11,13-14H2,1H3,(H,22,25);2*1H. The van der Waals surface area contributed by atoms with Gasteiger partial charge in [0.2, 0.25) is 5.91 Å². The van der Waals surface area contributed by atoms with Crippen LogP contribution in [0.4, 0.5) is 0 Å². The minimum absolute atomic E-state index is 0. The number of halogens is 3. The maximum absolute atomic E-state index is 12.6. The number of piperazine rings is 1. The summed E-state index contributed by atoms with van der Waals surface area (Å²) < 4.78 is 0. The maximum Gasteiger partial charge on any atom is 0.234 e. The molecule has 1 atom stereocenters. The number of nitrogens with one attached hydrogen (secondary N) is 2. The molecule has 0 saturated carbocycles. The maximum atomic E-state index is 12.6. The third-order valence-electron chi connectivity index (χ3n) is 5.33. The van der Waals surface area contributed by atoms with E-state index in [9.17, 15) is 4.79 Å². The second-order valence-corrected chi connectivity index (χ2v) is 7.46. The molecule has 1 aromatic carbocycles. The fourth-order valence-electron chi connectivity index (χ4n) is 3.83. The molecule has 2 fully saturated rings. The van der Waals surface area contributed by atoms with Crippen molar-refractivity contribution in [3.05, 3.63) is 34.9 Å². The molecule has 154 valence electrons. The zero-order valence-corrected chi connectivity index (χ0v) is 18.2. The third-order valence-corrected chi connectivity index (χ3v) is 5.57. The predicted molar refractivity (Wildman–Crippen MR) is 116 cm³/mol. The molecule has 0 bridgehead atoms. The largest absolute Gasteiger partial charge is 0.352 e. The number of rotatable bonds is 5. The number of carbonyl (C=O) groups is 1. The summed E-state index contributed by atoms with van der Waals surface area (Å²) in [5, 5.41) is 7.41. The van der Waals surface area contributed by atoms with E-state index in [0.29, 0.717) is 12.6 Å². The van der Waals surface area contributed by atoms with Crippen molar-refractivity contribution in [3.8, 4) is 0 Å². The van der Waals surface area contributed by atoms with E-state index in [1.807, 2.05) is 18.2 Å². The first-order valence-electron chi connectivity index (χ1n) is 9.37. The highest BCUT2D eigenvalue weighted by molar-refractivity contribution is 6.30. The first-order chi connectivity index (χ1) is 12.2. The Balaban J connectivity index is 0.00000182. The minimum atomic E-state index is 0. The Morgan fingerprint density at radius 3 is 2.67 bits per heavy atom. The van der Waals surface area contributed by atoms with E-state index >= 15 is 0 Å². The van der Waals surface area contributed by atoms with Crippen molar-refractivity contribution in [1.82, 2.24) is 20.4 Å². The first-order valence-corrected chi connectivity index (χ1v) is 9.75. The molecule has 2 saturated heterocycles. The predicted octanol–water partition coefficient (Wildman–Crippen LogP) is 2.73. The molecule has 27 heavy (non-hydrogen) atoms. The lowest BCUT2D eigenvalue weighted by Crippen LogP contribution is -2.51. The highest BCUT2D eigenvalue weighted by atomic mass is 35.5. The number of carbonyl (C=O) groups excluding carboxylic acids is 1. The van der Waals surface area contributed by atoms with Crippen LogP contribution in [0.3, 0.4) is 0 Å². The molecule has 1 amide bonds. The number of benzene rings is 1. The average molecular weight is 438 g/mol. The summed E-state index contributed by atoms with van der Waals surface area (Å²) in [7, 11) is 0. The van der Waals surface area contributed by atoms with Crippen LogP contribution in [0.25, 0.3) is 0 Å². The fraction of sp³-hybridized carbons (Fsp3) is 0.632. The normalized spacial score (nSPS) is 21.8. The van der Waals surface area contributed by atoms with Crippen molar-refractivity contribution in [2.75, 3.05) is 45.8 Å². The number of hydrogen-bond acceptors (Lipinski definition) is 4. The smallest absolute Gasteiger partial charge is 0.234 e. The van der Waals surface area contributed by atoms with E-state index in [2.05, 4.69) is 33.4 Å². The van der Waals surface area contributed by atoms with Gasteiger partial charge < -0.3 is 15.5 Å². The number of likely N-dealkylation sites (tertiary alicyclic amines) is 1. The molecule has 2 aliphatic rings. The van der Waals surface area contributed by atoms with Gasteiger partial charge in [0.05, 0.1) is 6.54 Å². The van der Waals surface area contributed by atoms with Crippen LogP contribution >= 0.6 is 36.4 Å². The summed E-state index contributed by atoms with van der Waals surface area (Å²) in [5.41, 5.74) is 1.17. The molecule has 2 N–H and O–H groups in total. The fourth-order valence-corrected chi connectivity index (χ4v) is 4.03. The van der Waals surface area contributed by atoms with Gasteiger partial charge in [-0.2, -0.15) is 0 Å². The van der Waals surface area contributed by atoms with Crippen LogP contribution in [-0.4, -0.2) is 67.6 Å². The topological polar surface area (TPSA) is 47.6 Å². The van der Waals surface area contributed by atoms with Crippen LogP contribution < -0.4 is 10.6 Å². The van der Waals surface area contributed by atoms with E-state index in [-0.39, 0.29) is 36.8 Å². The van der Waals surface area contributed by atoms with Gasteiger partial charge >= 0.3 is 0 Å². The number of nitrogens with zero attached hydrogens (tertiary/aromatic N) is 2. The van der Waals surface area contributed by atoms with Gasteiger partial charge in [-0.05, 0) is 37.1 Å². The Bertz CT molecular complexity index is 582. The van der Waals surface area contributed by atoms with Gasteiger partial charge in [-0.25, -0.2) is 0 Å². The second kappa shape index (κ2) is 12.1. The lowest BCUT2D eigenvalue weighted by Gasteiger charge is -2.37. The summed E-state index contributed by atoms with van der Waals surface area (Å²) in [6, 6.07) is 8.48. The Labute approximate surface area is 180 Å². The third kappa shape index (κ3) is 7.08. The van der Waals surface area contributed by atoms with Gasteiger partial charge in [-0.1, -0.05) is 30.7 Å². The molecular formula is C19H31Cl3N4O. The Morgan fingerprint density at radius 2 is 2.00 bits per heavy atom. The number of piperidine rings is 1. The van der Waals surface area contributed by atoms with Crippen molar-refractivity contribution in [3.63, 3.8) is 0 Å². The molecule has 0 aromatic heterocycles. The molecule has 2 aliphatic heterocycles. The summed E-state index contributed by atoms with van der Waals surface area (Å²) in [5.74, 6) is 0.142. The van der Waals surface area contributed by atoms with Crippen LogP contribution in [0.15, 0.2) is 24.3 Å². The lowest BCUT2D eigenvalue weighted by molar-refractivity contribution is -0.124. The average Bonchev–Trinajstić information content (AvgIpc) is 2.63. The van der Waals surface area contributed by atoms with Gasteiger partial charge in [0.25, 0.3) is 0 Å². The molecule has 1 unspecified atom stereocenters. The van der Waals surface area contributed by atoms with Crippen molar-refractivity contribution >= 4 is 42.3 Å². The summed E-state index contributed by atoms with van der Waals surface area (Å²) in [6.45, 7) is 8.55. The van der Waals surface area contributed by atoms with E-state index in [0.717, 1.165) is 57.1 Å². The van der Waals surface area contributed by atoms with Crippen LogP contribution in [0.5, 0.6) is 0 Å². The van der Waals surface area contributed by atoms with Gasteiger partial charge in [0.15, 0.2) is 0 Å². The Kier molecular flexibility index (Phi) is 11.0. The SMILES string of the molecule is CCN1CCC(NC(=O)CN2CCNCC2c2cccc(Cl)c2)CC1.Cl.Cl. The molecule has 5 nitrogen and oxygen atoms in total.